The molecule has 3 fully saturated rings. The van der Waals surface area contributed by atoms with E-state index >= 15 is 0 Å². The molecule has 2 aromatic rings. The van der Waals surface area contributed by atoms with Gasteiger partial charge in [0.25, 0.3) is 5.91 Å². The Morgan fingerprint density at radius 3 is 2.59 bits per heavy atom. The first-order valence-corrected chi connectivity index (χ1v) is 13.3. The average molecular weight is 461 g/mol. The van der Waals surface area contributed by atoms with E-state index in [1.165, 1.54) is 24.9 Å². The fourth-order valence-electron chi connectivity index (χ4n) is 6.64. The fourth-order valence-corrected chi connectivity index (χ4v) is 6.64. The maximum absolute atomic E-state index is 13.7. The molecule has 5 rings (SSSR count). The first-order chi connectivity index (χ1) is 16.4. The van der Waals surface area contributed by atoms with Gasteiger partial charge in [-0.3, -0.25) is 4.79 Å². The topological polar surface area (TPSA) is 43.8 Å². The van der Waals surface area contributed by atoms with Crippen LogP contribution in [0.2, 0.25) is 0 Å². The molecule has 2 aliphatic carbocycles. The predicted octanol–water partition coefficient (Wildman–Crippen LogP) is 5.71. The quantitative estimate of drug-likeness (QED) is 0.575. The van der Waals surface area contributed by atoms with Crippen molar-refractivity contribution in [1.29, 1.82) is 0 Å². The Hall–Kier alpha value is -2.33. The van der Waals surface area contributed by atoms with Gasteiger partial charge < -0.3 is 14.9 Å². The van der Waals surface area contributed by atoms with Crippen molar-refractivity contribution in [2.75, 3.05) is 26.2 Å². The normalized spacial score (nSPS) is 27.4. The molecule has 1 saturated heterocycles. The Morgan fingerprint density at radius 2 is 1.88 bits per heavy atom. The van der Waals surface area contributed by atoms with Crippen LogP contribution >= 0.6 is 0 Å². The first kappa shape index (κ1) is 23.4. The lowest BCUT2D eigenvalue weighted by atomic mass is 9.57. The zero-order valence-corrected chi connectivity index (χ0v) is 20.8. The van der Waals surface area contributed by atoms with Gasteiger partial charge in [0.15, 0.2) is 0 Å². The van der Waals surface area contributed by atoms with E-state index in [9.17, 15) is 9.90 Å². The van der Waals surface area contributed by atoms with Crippen molar-refractivity contribution >= 4 is 5.91 Å². The number of nitrogens with zero attached hydrogens (tertiary/aromatic N) is 2. The van der Waals surface area contributed by atoms with Crippen molar-refractivity contribution in [3.05, 3.63) is 65.7 Å². The third-order valence-corrected chi connectivity index (χ3v) is 8.50. The largest absolute Gasteiger partial charge is 0.508 e. The molecule has 4 heteroatoms. The molecule has 2 saturated carbocycles. The van der Waals surface area contributed by atoms with Gasteiger partial charge in [0.05, 0.1) is 0 Å². The van der Waals surface area contributed by atoms with Crippen LogP contribution in [0.5, 0.6) is 5.75 Å². The number of benzene rings is 2. The van der Waals surface area contributed by atoms with Crippen molar-refractivity contribution in [1.82, 2.24) is 9.80 Å². The number of rotatable bonds is 7. The monoisotopic (exact) mass is 460 g/mol. The second kappa shape index (κ2) is 9.73. The molecule has 0 bridgehead atoms. The molecule has 34 heavy (non-hydrogen) atoms. The van der Waals surface area contributed by atoms with Crippen LogP contribution in [0.25, 0.3) is 0 Å². The van der Waals surface area contributed by atoms with E-state index in [0.29, 0.717) is 17.6 Å². The van der Waals surface area contributed by atoms with Gasteiger partial charge in [-0.2, -0.15) is 0 Å². The van der Waals surface area contributed by atoms with Crippen LogP contribution in [0.3, 0.4) is 0 Å². The summed E-state index contributed by atoms with van der Waals surface area (Å²) < 4.78 is 0. The number of phenols is 1. The van der Waals surface area contributed by atoms with Crippen molar-refractivity contribution in [3.63, 3.8) is 0 Å². The maximum atomic E-state index is 13.7. The Labute approximate surface area is 205 Å². The van der Waals surface area contributed by atoms with E-state index < -0.39 is 0 Å². The van der Waals surface area contributed by atoms with Crippen LogP contribution in [0.15, 0.2) is 54.6 Å². The summed E-state index contributed by atoms with van der Waals surface area (Å²) in [7, 11) is 0. The molecule has 3 aliphatic rings. The van der Waals surface area contributed by atoms with E-state index in [2.05, 4.69) is 29.7 Å². The SMILES string of the molecule is CC(C)CN(C(=O)c1ccccc1)[C@@H]1CC[C@@H]2CN(CC3CC3)CC[C@@]2(c2cccc(O)c2)C1. The molecule has 0 aromatic heterocycles. The Morgan fingerprint density at radius 1 is 1.09 bits per heavy atom. The molecular weight excluding hydrogens is 420 g/mol. The van der Waals surface area contributed by atoms with Gasteiger partial charge in [-0.1, -0.05) is 44.2 Å². The second-order valence-electron chi connectivity index (χ2n) is 11.5. The smallest absolute Gasteiger partial charge is 0.254 e. The fraction of sp³-hybridized carbons (Fsp3) is 0.567. The number of phenolic OH excluding ortho intramolecular Hbond substituents is 1. The first-order valence-electron chi connectivity index (χ1n) is 13.3. The molecule has 1 aliphatic heterocycles. The number of carbonyl (C=O) groups excluding carboxylic acids is 1. The number of amides is 1. The van der Waals surface area contributed by atoms with Gasteiger partial charge in [-0.05, 0) is 92.7 Å². The van der Waals surface area contributed by atoms with Crippen LogP contribution in [-0.2, 0) is 5.41 Å². The maximum Gasteiger partial charge on any atom is 0.254 e. The van der Waals surface area contributed by atoms with Crippen LogP contribution in [0, 0.1) is 17.8 Å². The lowest BCUT2D eigenvalue weighted by Gasteiger charge is -2.54. The Bertz CT molecular complexity index is 986. The summed E-state index contributed by atoms with van der Waals surface area (Å²) in [5.74, 6) is 2.42. The number of hydrogen-bond donors (Lipinski definition) is 1. The van der Waals surface area contributed by atoms with Gasteiger partial charge in [0.2, 0.25) is 0 Å². The van der Waals surface area contributed by atoms with Crippen LogP contribution in [0.4, 0.5) is 0 Å². The molecule has 2 aromatic carbocycles. The van der Waals surface area contributed by atoms with Gasteiger partial charge in [-0.15, -0.1) is 0 Å². The molecule has 1 N–H and O–H groups in total. The van der Waals surface area contributed by atoms with Gasteiger partial charge in [-0.25, -0.2) is 0 Å². The minimum atomic E-state index is 0.0217. The summed E-state index contributed by atoms with van der Waals surface area (Å²) in [6, 6.07) is 18.0. The van der Waals surface area contributed by atoms with Crippen molar-refractivity contribution in [3.8, 4) is 5.75 Å². The number of carbonyl (C=O) groups is 1. The summed E-state index contributed by atoms with van der Waals surface area (Å²) in [4.78, 5) is 18.6. The molecular formula is C30H40N2O2. The summed E-state index contributed by atoms with van der Waals surface area (Å²) in [6.07, 6.45) is 7.09. The Balaban J connectivity index is 1.45. The summed E-state index contributed by atoms with van der Waals surface area (Å²) in [5, 5.41) is 10.4. The highest BCUT2D eigenvalue weighted by Gasteiger charge is 2.50. The highest BCUT2D eigenvalue weighted by Crippen LogP contribution is 2.51. The second-order valence-corrected chi connectivity index (χ2v) is 11.5. The van der Waals surface area contributed by atoms with E-state index in [1.54, 1.807) is 6.07 Å². The molecule has 3 atom stereocenters. The number of likely N-dealkylation sites (tertiary alicyclic amines) is 1. The summed E-state index contributed by atoms with van der Waals surface area (Å²) in [6.45, 7) is 8.72. The third kappa shape index (κ3) is 4.88. The predicted molar refractivity (Wildman–Crippen MR) is 137 cm³/mol. The number of fused-ring (bicyclic) bond motifs is 1. The standard InChI is InChI=1S/C30H40N2O2/c1-22(2)19-32(29(34)24-7-4-3-5-8-24)27-14-13-26-21-31(20-23-11-12-23)16-15-30(26,18-27)25-9-6-10-28(33)17-25/h3-10,17,22-23,26-27,33H,11-16,18-21H2,1-2H3/t26-,27-,30+/m1/s1. The third-order valence-electron chi connectivity index (χ3n) is 8.50. The highest BCUT2D eigenvalue weighted by atomic mass is 16.3. The van der Waals surface area contributed by atoms with Gasteiger partial charge >= 0.3 is 0 Å². The van der Waals surface area contributed by atoms with E-state index in [4.69, 9.17) is 0 Å². The van der Waals surface area contributed by atoms with Gasteiger partial charge in [0.1, 0.15) is 5.75 Å². The zero-order valence-electron chi connectivity index (χ0n) is 20.8. The molecule has 0 unspecified atom stereocenters. The van der Waals surface area contributed by atoms with Crippen LogP contribution in [-0.4, -0.2) is 53.0 Å². The van der Waals surface area contributed by atoms with Crippen LogP contribution < -0.4 is 0 Å². The summed E-state index contributed by atoms with van der Waals surface area (Å²) >= 11 is 0. The molecule has 4 nitrogen and oxygen atoms in total. The van der Waals surface area contributed by atoms with E-state index in [0.717, 1.165) is 56.8 Å². The Kier molecular flexibility index (Phi) is 6.70. The lowest BCUT2D eigenvalue weighted by Crippen LogP contribution is -2.57. The zero-order chi connectivity index (χ0) is 23.7. The minimum absolute atomic E-state index is 0.0217. The molecule has 0 radical (unpaired) electrons. The summed E-state index contributed by atoms with van der Waals surface area (Å²) in [5.41, 5.74) is 2.08. The molecule has 1 amide bonds. The van der Waals surface area contributed by atoms with Crippen LogP contribution in [0.1, 0.15) is 68.3 Å². The molecule has 0 spiro atoms. The number of hydrogen-bond acceptors (Lipinski definition) is 3. The molecule has 1 heterocycles. The highest BCUT2D eigenvalue weighted by molar-refractivity contribution is 5.94. The minimum Gasteiger partial charge on any atom is -0.508 e. The van der Waals surface area contributed by atoms with Crippen molar-refractivity contribution in [2.45, 2.75) is 63.8 Å². The van der Waals surface area contributed by atoms with E-state index in [1.807, 2.05) is 42.5 Å². The lowest BCUT2D eigenvalue weighted by molar-refractivity contribution is 0.00989. The molecule has 182 valence electrons. The van der Waals surface area contributed by atoms with Crippen molar-refractivity contribution in [2.24, 2.45) is 17.8 Å². The van der Waals surface area contributed by atoms with Crippen molar-refractivity contribution < 1.29 is 9.90 Å². The van der Waals surface area contributed by atoms with E-state index in [-0.39, 0.29) is 17.4 Å². The van der Waals surface area contributed by atoms with Gasteiger partial charge in [0, 0.05) is 36.7 Å². The number of piperidine rings is 1. The number of aromatic hydroxyl groups is 1. The average Bonchev–Trinajstić information content (AvgIpc) is 3.66.